The lowest BCUT2D eigenvalue weighted by Gasteiger charge is -2.50. The normalized spacial score (nSPS) is 18.1. The number of ether oxygens (including phenoxy) is 1. The van der Waals surface area contributed by atoms with E-state index in [4.69, 9.17) is 10.5 Å². The molecule has 1 aliphatic heterocycles. The number of rotatable bonds is 3. The molecule has 1 aromatic rings. The van der Waals surface area contributed by atoms with Crippen molar-refractivity contribution in [1.29, 1.82) is 0 Å². The van der Waals surface area contributed by atoms with Gasteiger partial charge in [-0.3, -0.25) is 0 Å². The second-order valence-electron chi connectivity index (χ2n) is 4.77. The van der Waals surface area contributed by atoms with Crippen LogP contribution in [0.4, 0.5) is 5.95 Å². The highest BCUT2D eigenvalue weighted by Gasteiger charge is 2.43. The van der Waals surface area contributed by atoms with Crippen molar-refractivity contribution in [2.45, 2.75) is 19.4 Å². The van der Waals surface area contributed by atoms with E-state index in [1.165, 1.54) is 0 Å². The number of hydrogen-bond donors (Lipinski definition) is 1. The minimum atomic E-state index is -0.121. The molecule has 0 spiro atoms. The van der Waals surface area contributed by atoms with Crippen molar-refractivity contribution in [2.75, 3.05) is 25.1 Å². The Hall–Kier alpha value is -0.880. The number of hydrogen-bond acceptors (Lipinski definition) is 5. The first-order chi connectivity index (χ1) is 7.96. The van der Waals surface area contributed by atoms with E-state index in [9.17, 15) is 0 Å². The molecule has 5 nitrogen and oxygen atoms in total. The third-order valence-electron chi connectivity index (χ3n) is 3.30. The highest BCUT2D eigenvalue weighted by molar-refractivity contribution is 9.10. The fraction of sp³-hybridized carbons (Fsp3) is 0.636. The molecule has 0 bridgehead atoms. The van der Waals surface area contributed by atoms with Gasteiger partial charge in [-0.2, -0.15) is 4.98 Å². The smallest absolute Gasteiger partial charge is 0.232 e. The molecule has 17 heavy (non-hydrogen) atoms. The first-order valence-electron chi connectivity index (χ1n) is 5.56. The monoisotopic (exact) mass is 300 g/mol. The Kier molecular flexibility index (Phi) is 3.27. The van der Waals surface area contributed by atoms with Crippen LogP contribution in [0, 0.1) is 5.92 Å². The van der Waals surface area contributed by atoms with E-state index in [0.29, 0.717) is 17.7 Å². The summed E-state index contributed by atoms with van der Waals surface area (Å²) >= 11 is 3.33. The zero-order valence-corrected chi connectivity index (χ0v) is 11.9. The van der Waals surface area contributed by atoms with Crippen LogP contribution < -0.4 is 15.4 Å². The average molecular weight is 301 g/mol. The molecule has 0 aromatic carbocycles. The minimum Gasteiger partial charge on any atom is -0.480 e. The molecule has 0 radical (unpaired) electrons. The van der Waals surface area contributed by atoms with Gasteiger partial charge in [-0.05, 0) is 21.8 Å². The molecule has 0 atom stereocenters. The summed E-state index contributed by atoms with van der Waals surface area (Å²) in [4.78, 5) is 10.7. The summed E-state index contributed by atoms with van der Waals surface area (Å²) in [5.41, 5.74) is 6.11. The van der Waals surface area contributed by atoms with Crippen molar-refractivity contribution >= 4 is 21.9 Å². The average Bonchev–Trinajstić information content (AvgIpc) is 2.25. The molecule has 2 N–H and O–H groups in total. The summed E-state index contributed by atoms with van der Waals surface area (Å²) in [7, 11) is 1.59. The topological polar surface area (TPSA) is 64.3 Å². The predicted octanol–water partition coefficient (Wildman–Crippen LogP) is 1.42. The second kappa shape index (κ2) is 4.42. The molecule has 0 amide bonds. The summed E-state index contributed by atoms with van der Waals surface area (Å²) in [6.07, 6.45) is 1.70. The zero-order chi connectivity index (χ0) is 12.6. The molecule has 2 heterocycles. The van der Waals surface area contributed by atoms with Crippen molar-refractivity contribution in [3.63, 3.8) is 0 Å². The van der Waals surface area contributed by atoms with E-state index >= 15 is 0 Å². The molecule has 1 aliphatic rings. The van der Waals surface area contributed by atoms with Crippen LogP contribution in [0.2, 0.25) is 0 Å². The Morgan fingerprint density at radius 1 is 1.53 bits per heavy atom. The predicted molar refractivity (Wildman–Crippen MR) is 70.3 cm³/mol. The van der Waals surface area contributed by atoms with Crippen molar-refractivity contribution in [2.24, 2.45) is 11.7 Å². The van der Waals surface area contributed by atoms with Gasteiger partial charge in [0.2, 0.25) is 11.8 Å². The van der Waals surface area contributed by atoms with Crippen LogP contribution in [-0.4, -0.2) is 35.7 Å². The summed E-state index contributed by atoms with van der Waals surface area (Å²) in [6, 6.07) is 0. The summed E-state index contributed by atoms with van der Waals surface area (Å²) in [6.45, 7) is 5.85. The molecular formula is C11H17BrN4O. The molecule has 0 aliphatic carbocycles. The van der Waals surface area contributed by atoms with E-state index < -0.39 is 0 Å². The van der Waals surface area contributed by atoms with Gasteiger partial charge in [0.05, 0.1) is 23.3 Å². The molecule has 94 valence electrons. The van der Waals surface area contributed by atoms with Crippen LogP contribution in [0.25, 0.3) is 0 Å². The van der Waals surface area contributed by atoms with Crippen molar-refractivity contribution in [3.8, 4) is 5.88 Å². The maximum atomic E-state index is 6.24. The minimum absolute atomic E-state index is 0.121. The second-order valence-corrected chi connectivity index (χ2v) is 5.63. The van der Waals surface area contributed by atoms with Gasteiger partial charge in [0.1, 0.15) is 0 Å². The number of anilines is 1. The molecule has 0 saturated carbocycles. The van der Waals surface area contributed by atoms with E-state index in [1.54, 1.807) is 13.3 Å². The molecule has 6 heteroatoms. The maximum absolute atomic E-state index is 6.24. The zero-order valence-electron chi connectivity index (χ0n) is 10.3. The van der Waals surface area contributed by atoms with Crippen LogP contribution >= 0.6 is 15.9 Å². The third kappa shape index (κ3) is 2.24. The lowest BCUT2D eigenvalue weighted by molar-refractivity contribution is 0.241. The van der Waals surface area contributed by atoms with Crippen molar-refractivity contribution < 1.29 is 4.74 Å². The first kappa shape index (κ1) is 12.6. The van der Waals surface area contributed by atoms with E-state index in [2.05, 4.69) is 44.6 Å². The largest absolute Gasteiger partial charge is 0.480 e. The molecule has 1 aromatic heterocycles. The summed E-state index contributed by atoms with van der Waals surface area (Å²) in [5.74, 6) is 1.68. The molecular weight excluding hydrogens is 284 g/mol. The summed E-state index contributed by atoms with van der Waals surface area (Å²) in [5, 5.41) is 0. The first-order valence-corrected chi connectivity index (χ1v) is 6.36. The van der Waals surface area contributed by atoms with Gasteiger partial charge >= 0.3 is 0 Å². The fourth-order valence-electron chi connectivity index (χ4n) is 1.81. The van der Waals surface area contributed by atoms with Gasteiger partial charge in [-0.25, -0.2) is 4.98 Å². The Labute approximate surface area is 110 Å². The maximum Gasteiger partial charge on any atom is 0.232 e. The van der Waals surface area contributed by atoms with Crippen molar-refractivity contribution in [3.05, 3.63) is 10.7 Å². The molecule has 0 unspecified atom stereocenters. The van der Waals surface area contributed by atoms with Crippen LogP contribution in [0.3, 0.4) is 0 Å². The van der Waals surface area contributed by atoms with E-state index in [1.807, 2.05) is 0 Å². The Balaban J connectivity index is 2.11. The van der Waals surface area contributed by atoms with Gasteiger partial charge < -0.3 is 15.4 Å². The fourth-order valence-corrected chi connectivity index (χ4v) is 2.16. The Morgan fingerprint density at radius 3 is 2.71 bits per heavy atom. The highest BCUT2D eigenvalue weighted by atomic mass is 79.9. The van der Waals surface area contributed by atoms with Crippen LogP contribution in [0.5, 0.6) is 5.88 Å². The number of methoxy groups -OCH3 is 1. The Bertz CT molecular complexity index is 418. The lowest BCUT2D eigenvalue weighted by atomic mass is 9.80. The highest BCUT2D eigenvalue weighted by Crippen LogP contribution is 2.31. The number of halogens is 1. The van der Waals surface area contributed by atoms with Crippen LogP contribution in [0.1, 0.15) is 13.8 Å². The van der Waals surface area contributed by atoms with E-state index in [0.717, 1.165) is 17.6 Å². The van der Waals surface area contributed by atoms with Gasteiger partial charge in [0, 0.05) is 13.1 Å². The SMILES string of the molecule is COc1nc(N2CC(N)(C(C)C)C2)ncc1Br. The molecule has 1 saturated heterocycles. The number of nitrogens with zero attached hydrogens (tertiary/aromatic N) is 3. The number of nitrogens with two attached hydrogens (primary N) is 1. The molecule has 2 rings (SSSR count). The summed E-state index contributed by atoms with van der Waals surface area (Å²) < 4.78 is 5.90. The van der Waals surface area contributed by atoms with Gasteiger partial charge in [0.15, 0.2) is 0 Å². The van der Waals surface area contributed by atoms with Crippen LogP contribution in [0.15, 0.2) is 10.7 Å². The van der Waals surface area contributed by atoms with Gasteiger partial charge in [0.25, 0.3) is 0 Å². The quantitative estimate of drug-likeness (QED) is 0.915. The van der Waals surface area contributed by atoms with Crippen molar-refractivity contribution in [1.82, 2.24) is 9.97 Å². The molecule has 1 fully saturated rings. The van der Waals surface area contributed by atoms with Crippen LogP contribution in [-0.2, 0) is 0 Å². The third-order valence-corrected chi connectivity index (χ3v) is 3.84. The lowest BCUT2D eigenvalue weighted by Crippen LogP contribution is -2.70. The van der Waals surface area contributed by atoms with Gasteiger partial charge in [-0.15, -0.1) is 0 Å². The van der Waals surface area contributed by atoms with Gasteiger partial charge in [-0.1, -0.05) is 13.8 Å². The number of aromatic nitrogens is 2. The Morgan fingerprint density at radius 2 is 2.18 bits per heavy atom. The standard InChI is InChI=1S/C11H17BrN4O/c1-7(2)11(13)5-16(6-11)10-14-4-8(12)9(15-10)17-3/h4,7H,5-6,13H2,1-3H3. The van der Waals surface area contributed by atoms with E-state index in [-0.39, 0.29) is 5.54 Å².